The van der Waals surface area contributed by atoms with Crippen molar-refractivity contribution in [1.29, 1.82) is 0 Å². The van der Waals surface area contributed by atoms with E-state index in [9.17, 15) is 4.79 Å². The van der Waals surface area contributed by atoms with Gasteiger partial charge in [0, 0.05) is 0 Å². The zero-order chi connectivity index (χ0) is 11.5. The Kier molecular flexibility index (Phi) is 2.59. The van der Waals surface area contributed by atoms with E-state index in [0.29, 0.717) is 5.69 Å². The first-order valence-electron chi connectivity index (χ1n) is 4.63. The van der Waals surface area contributed by atoms with Crippen LogP contribution in [0.25, 0.3) is 11.3 Å². The van der Waals surface area contributed by atoms with Gasteiger partial charge in [0.15, 0.2) is 0 Å². The minimum absolute atomic E-state index is 0.0641. The van der Waals surface area contributed by atoms with Crippen molar-refractivity contribution in [1.82, 2.24) is 9.97 Å². The van der Waals surface area contributed by atoms with Gasteiger partial charge in [-0.1, -0.05) is 0 Å². The molecular weight excluding hydrogens is 208 g/mol. The van der Waals surface area contributed by atoms with E-state index in [2.05, 4.69) is 9.97 Å². The number of benzene rings is 1. The molecule has 0 bridgehead atoms. The van der Waals surface area contributed by atoms with E-state index < -0.39 is 5.97 Å². The summed E-state index contributed by atoms with van der Waals surface area (Å²) in [4.78, 5) is 17.1. The number of hydrogen-bond donors (Lipinski definition) is 2. The maximum absolute atomic E-state index is 10.6. The van der Waals surface area contributed by atoms with Crippen molar-refractivity contribution >= 4 is 5.97 Å². The molecule has 1 aromatic carbocycles. The van der Waals surface area contributed by atoms with Crippen molar-refractivity contribution in [3.8, 4) is 17.0 Å². The van der Waals surface area contributed by atoms with Gasteiger partial charge in [-0.25, -0.2) is 9.78 Å². The molecule has 0 aliphatic carbocycles. The standard InChI is InChI=1S/C11H10N2O3/c1-16-8-4-2-7(3-5-8)9-6-12-10(13-9)11(14)15/h2-6H,1H3,(H,12,13)(H,14,15). The van der Waals surface area contributed by atoms with Crippen molar-refractivity contribution in [2.24, 2.45) is 0 Å². The second-order valence-corrected chi connectivity index (χ2v) is 3.18. The van der Waals surface area contributed by atoms with Crippen molar-refractivity contribution < 1.29 is 14.6 Å². The van der Waals surface area contributed by atoms with Crippen molar-refractivity contribution in [2.75, 3.05) is 7.11 Å². The summed E-state index contributed by atoms with van der Waals surface area (Å²) in [6.45, 7) is 0. The fourth-order valence-electron chi connectivity index (χ4n) is 1.35. The molecule has 2 rings (SSSR count). The van der Waals surface area contributed by atoms with Crippen molar-refractivity contribution in [2.45, 2.75) is 0 Å². The molecule has 1 aromatic heterocycles. The third kappa shape index (κ3) is 1.88. The Bertz CT molecular complexity index is 502. The van der Waals surface area contributed by atoms with Crippen LogP contribution in [0.5, 0.6) is 5.75 Å². The summed E-state index contributed by atoms with van der Waals surface area (Å²) in [5.41, 5.74) is 1.53. The van der Waals surface area contributed by atoms with Crippen LogP contribution in [0.15, 0.2) is 30.5 Å². The highest BCUT2D eigenvalue weighted by Crippen LogP contribution is 2.20. The molecule has 0 atom stereocenters. The van der Waals surface area contributed by atoms with E-state index in [1.165, 1.54) is 6.20 Å². The lowest BCUT2D eigenvalue weighted by molar-refractivity contribution is 0.0685. The first-order chi connectivity index (χ1) is 7.70. The average Bonchev–Trinajstić information content (AvgIpc) is 2.78. The molecule has 0 aliphatic rings. The zero-order valence-corrected chi connectivity index (χ0v) is 8.60. The van der Waals surface area contributed by atoms with Crippen LogP contribution < -0.4 is 4.74 Å². The number of nitrogens with zero attached hydrogens (tertiary/aromatic N) is 1. The van der Waals surface area contributed by atoms with Crippen LogP contribution >= 0.6 is 0 Å². The van der Waals surface area contributed by atoms with Crippen LogP contribution in [0, 0.1) is 0 Å². The lowest BCUT2D eigenvalue weighted by atomic mass is 10.2. The number of aromatic nitrogens is 2. The number of rotatable bonds is 3. The number of carboxylic acid groups (broad SMARTS) is 1. The largest absolute Gasteiger partial charge is 0.497 e. The third-order valence-electron chi connectivity index (χ3n) is 2.18. The molecule has 2 aromatic rings. The Morgan fingerprint density at radius 2 is 2.06 bits per heavy atom. The predicted octanol–water partition coefficient (Wildman–Crippen LogP) is 1.78. The van der Waals surface area contributed by atoms with Gasteiger partial charge in [0.25, 0.3) is 0 Å². The number of H-pyrrole nitrogens is 1. The van der Waals surface area contributed by atoms with Gasteiger partial charge in [0.2, 0.25) is 5.82 Å². The SMILES string of the molecule is COc1ccc(-c2cnc(C(=O)O)[nH]2)cc1. The Morgan fingerprint density at radius 1 is 1.38 bits per heavy atom. The van der Waals surface area contributed by atoms with Gasteiger partial charge in [-0.15, -0.1) is 0 Å². The average molecular weight is 218 g/mol. The highest BCUT2D eigenvalue weighted by atomic mass is 16.5. The topological polar surface area (TPSA) is 75.2 Å². The lowest BCUT2D eigenvalue weighted by Crippen LogP contribution is -1.98. The van der Waals surface area contributed by atoms with Crippen LogP contribution in [-0.2, 0) is 0 Å². The minimum atomic E-state index is -1.07. The molecule has 5 nitrogen and oxygen atoms in total. The van der Waals surface area contributed by atoms with Crippen molar-refractivity contribution in [3.05, 3.63) is 36.3 Å². The first-order valence-corrected chi connectivity index (χ1v) is 4.63. The van der Waals surface area contributed by atoms with E-state index in [1.807, 2.05) is 12.1 Å². The van der Waals surface area contributed by atoms with E-state index in [1.54, 1.807) is 19.2 Å². The second-order valence-electron chi connectivity index (χ2n) is 3.18. The fourth-order valence-corrected chi connectivity index (χ4v) is 1.35. The number of ether oxygens (including phenoxy) is 1. The maximum atomic E-state index is 10.6. The second kappa shape index (κ2) is 4.06. The smallest absolute Gasteiger partial charge is 0.371 e. The summed E-state index contributed by atoms with van der Waals surface area (Å²) in [6.07, 6.45) is 1.49. The summed E-state index contributed by atoms with van der Waals surface area (Å²) >= 11 is 0. The van der Waals surface area contributed by atoms with Gasteiger partial charge < -0.3 is 14.8 Å². The van der Waals surface area contributed by atoms with E-state index in [0.717, 1.165) is 11.3 Å². The van der Waals surface area contributed by atoms with Gasteiger partial charge in [-0.05, 0) is 29.8 Å². The Labute approximate surface area is 91.7 Å². The van der Waals surface area contributed by atoms with Crippen LogP contribution in [0.1, 0.15) is 10.6 Å². The molecule has 82 valence electrons. The minimum Gasteiger partial charge on any atom is -0.497 e. The van der Waals surface area contributed by atoms with Gasteiger partial charge in [0.1, 0.15) is 5.75 Å². The predicted molar refractivity (Wildman–Crippen MR) is 57.5 cm³/mol. The Morgan fingerprint density at radius 3 is 2.56 bits per heavy atom. The summed E-state index contributed by atoms with van der Waals surface area (Å²) in [6, 6.07) is 7.27. The summed E-state index contributed by atoms with van der Waals surface area (Å²) < 4.78 is 5.03. The highest BCUT2D eigenvalue weighted by molar-refractivity contribution is 5.84. The molecule has 0 saturated carbocycles. The van der Waals surface area contributed by atoms with Crippen LogP contribution in [-0.4, -0.2) is 28.2 Å². The number of aromatic carboxylic acids is 1. The summed E-state index contributed by atoms with van der Waals surface area (Å²) in [5, 5.41) is 8.71. The van der Waals surface area contributed by atoms with Crippen molar-refractivity contribution in [3.63, 3.8) is 0 Å². The third-order valence-corrected chi connectivity index (χ3v) is 2.18. The number of imidazole rings is 1. The molecule has 0 fully saturated rings. The molecule has 0 spiro atoms. The number of nitrogens with one attached hydrogen (secondary N) is 1. The van der Waals surface area contributed by atoms with Gasteiger partial charge in [-0.2, -0.15) is 0 Å². The number of carbonyl (C=O) groups is 1. The fraction of sp³-hybridized carbons (Fsp3) is 0.0909. The number of methoxy groups -OCH3 is 1. The molecule has 5 heteroatoms. The first kappa shape index (κ1) is 10.2. The number of aromatic amines is 1. The molecule has 1 heterocycles. The van der Waals surface area contributed by atoms with E-state index in [4.69, 9.17) is 9.84 Å². The van der Waals surface area contributed by atoms with Gasteiger partial charge in [-0.3, -0.25) is 0 Å². The van der Waals surface area contributed by atoms with E-state index in [-0.39, 0.29) is 5.82 Å². The Hall–Kier alpha value is -2.30. The van der Waals surface area contributed by atoms with Gasteiger partial charge in [0.05, 0.1) is 19.0 Å². The molecule has 16 heavy (non-hydrogen) atoms. The molecular formula is C11H10N2O3. The van der Waals surface area contributed by atoms with Crippen LogP contribution in [0.4, 0.5) is 0 Å². The monoisotopic (exact) mass is 218 g/mol. The molecule has 0 aliphatic heterocycles. The summed E-state index contributed by atoms with van der Waals surface area (Å²) in [7, 11) is 1.59. The maximum Gasteiger partial charge on any atom is 0.371 e. The molecule has 2 N–H and O–H groups in total. The Balaban J connectivity index is 2.31. The molecule has 0 saturated heterocycles. The number of carboxylic acids is 1. The molecule has 0 amide bonds. The van der Waals surface area contributed by atoms with Gasteiger partial charge >= 0.3 is 5.97 Å². The van der Waals surface area contributed by atoms with Crippen LogP contribution in [0.2, 0.25) is 0 Å². The lowest BCUT2D eigenvalue weighted by Gasteiger charge is -2.00. The molecule has 0 radical (unpaired) electrons. The van der Waals surface area contributed by atoms with E-state index >= 15 is 0 Å². The quantitative estimate of drug-likeness (QED) is 0.823. The summed E-state index contributed by atoms with van der Waals surface area (Å²) in [5.74, 6) is -0.382. The molecule has 0 unspecified atom stereocenters. The normalized spacial score (nSPS) is 10.1. The van der Waals surface area contributed by atoms with Crippen LogP contribution in [0.3, 0.4) is 0 Å². The highest BCUT2D eigenvalue weighted by Gasteiger charge is 2.08. The number of hydrogen-bond acceptors (Lipinski definition) is 3. The zero-order valence-electron chi connectivity index (χ0n) is 8.60.